The predicted molar refractivity (Wildman–Crippen MR) is 123 cm³/mol. The van der Waals surface area contributed by atoms with E-state index in [9.17, 15) is 18.0 Å². The fourth-order valence-corrected chi connectivity index (χ4v) is 5.75. The van der Waals surface area contributed by atoms with Gasteiger partial charge in [-0.3, -0.25) is 4.79 Å². The van der Waals surface area contributed by atoms with Crippen molar-refractivity contribution < 1.29 is 27.4 Å². The van der Waals surface area contributed by atoms with E-state index < -0.39 is 17.7 Å². The fraction of sp³-hybridized carbons (Fsp3) is 0.500. The first-order chi connectivity index (χ1) is 16.3. The number of nitrogens with one attached hydrogen (secondary N) is 1. The number of ether oxygens (including phenoxy) is 2. The second-order valence-corrected chi connectivity index (χ2v) is 9.15. The van der Waals surface area contributed by atoms with Crippen LogP contribution in [0.25, 0.3) is 0 Å². The number of hydrogen-bond donors (Lipinski definition) is 1. The molecule has 0 aromatic heterocycles. The Kier molecular flexibility index (Phi) is 6.92. The van der Waals surface area contributed by atoms with E-state index in [1.807, 2.05) is 18.2 Å². The Morgan fingerprint density at radius 2 is 1.65 bits per heavy atom. The van der Waals surface area contributed by atoms with E-state index in [1.54, 1.807) is 13.2 Å². The lowest BCUT2D eigenvalue weighted by atomic mass is 9.62. The number of piperidine rings is 2. The normalized spacial score (nSPS) is 22.3. The number of benzene rings is 2. The van der Waals surface area contributed by atoms with Crippen LogP contribution in [0.15, 0.2) is 54.6 Å². The monoisotopic (exact) mass is 476 g/mol. The molecule has 1 spiro atoms. The molecule has 2 aliphatic rings. The van der Waals surface area contributed by atoms with Crippen molar-refractivity contribution in [3.63, 3.8) is 0 Å². The molecule has 8 heteroatoms. The van der Waals surface area contributed by atoms with Crippen molar-refractivity contribution >= 4 is 5.91 Å². The summed E-state index contributed by atoms with van der Waals surface area (Å²) in [5.74, 6) is -0.0847. The highest BCUT2D eigenvalue weighted by Gasteiger charge is 2.64. The predicted octanol–water partition coefficient (Wildman–Crippen LogP) is 4.49. The number of likely N-dealkylation sites (tertiary alicyclic amines) is 1. The number of nitrogens with zero attached hydrogens (tertiary/aromatic N) is 1. The summed E-state index contributed by atoms with van der Waals surface area (Å²) in [5, 5.41) is 3.46. The fourth-order valence-electron chi connectivity index (χ4n) is 5.75. The smallest absolute Gasteiger partial charge is 0.430 e. The molecule has 2 aromatic carbocycles. The van der Waals surface area contributed by atoms with Crippen molar-refractivity contribution in [2.75, 3.05) is 40.4 Å². The van der Waals surface area contributed by atoms with E-state index in [0.717, 1.165) is 37.9 Å². The van der Waals surface area contributed by atoms with Gasteiger partial charge in [-0.25, -0.2) is 0 Å². The van der Waals surface area contributed by atoms with Crippen LogP contribution in [0.4, 0.5) is 13.2 Å². The highest BCUT2D eigenvalue weighted by Crippen LogP contribution is 2.51. The Bertz CT molecular complexity index is 990. The lowest BCUT2D eigenvalue weighted by molar-refractivity contribution is -0.271. The second kappa shape index (κ2) is 9.58. The lowest BCUT2D eigenvalue weighted by Gasteiger charge is -2.51. The van der Waals surface area contributed by atoms with Crippen LogP contribution in [0, 0.1) is 5.41 Å². The van der Waals surface area contributed by atoms with Crippen LogP contribution in [0.1, 0.15) is 36.3 Å². The molecule has 1 unspecified atom stereocenters. The Balaban J connectivity index is 1.61. The van der Waals surface area contributed by atoms with Crippen LogP contribution in [-0.2, 0) is 15.1 Å². The molecule has 2 aliphatic heterocycles. The first-order valence-corrected chi connectivity index (χ1v) is 11.6. The van der Waals surface area contributed by atoms with Gasteiger partial charge in [-0.1, -0.05) is 48.5 Å². The number of methoxy groups -OCH3 is 2. The molecule has 0 saturated carbocycles. The third kappa shape index (κ3) is 4.07. The van der Waals surface area contributed by atoms with Gasteiger partial charge in [0.25, 0.3) is 11.5 Å². The number of para-hydroxylation sites is 1. The van der Waals surface area contributed by atoms with Crippen LogP contribution in [-0.4, -0.2) is 57.4 Å². The zero-order valence-corrected chi connectivity index (χ0v) is 19.5. The van der Waals surface area contributed by atoms with Gasteiger partial charge in [-0.15, -0.1) is 0 Å². The maximum atomic E-state index is 14.4. The highest BCUT2D eigenvalue weighted by atomic mass is 19.4. The number of rotatable bonds is 5. The second-order valence-electron chi connectivity index (χ2n) is 9.15. The van der Waals surface area contributed by atoms with Gasteiger partial charge in [0.1, 0.15) is 5.75 Å². The van der Waals surface area contributed by atoms with Gasteiger partial charge in [0.15, 0.2) is 0 Å². The van der Waals surface area contributed by atoms with Crippen molar-refractivity contribution in [1.82, 2.24) is 10.2 Å². The molecule has 0 aliphatic carbocycles. The molecule has 2 saturated heterocycles. The maximum absolute atomic E-state index is 14.4. The summed E-state index contributed by atoms with van der Waals surface area (Å²) in [4.78, 5) is 14.8. The molecule has 0 radical (unpaired) electrons. The third-order valence-electron chi connectivity index (χ3n) is 7.63. The summed E-state index contributed by atoms with van der Waals surface area (Å²) in [6.07, 6.45) is -2.76. The molecule has 1 amide bonds. The highest BCUT2D eigenvalue weighted by molar-refractivity contribution is 5.88. The summed E-state index contributed by atoms with van der Waals surface area (Å²) < 4.78 is 53.8. The number of carbonyl (C=O) groups excluding carboxylic acids is 1. The number of halogens is 3. The quantitative estimate of drug-likeness (QED) is 0.691. The van der Waals surface area contributed by atoms with Gasteiger partial charge in [-0.05, 0) is 42.9 Å². The van der Waals surface area contributed by atoms with E-state index >= 15 is 0 Å². The minimum absolute atomic E-state index is 0.114. The van der Waals surface area contributed by atoms with Gasteiger partial charge in [-0.2, -0.15) is 13.2 Å². The number of carbonyl (C=O) groups is 1. The minimum atomic E-state index is -4.90. The number of hydrogen-bond acceptors (Lipinski definition) is 4. The molecular formula is C26H31F3N2O3. The van der Waals surface area contributed by atoms with Crippen molar-refractivity contribution in [3.8, 4) is 5.75 Å². The first-order valence-electron chi connectivity index (χ1n) is 11.6. The van der Waals surface area contributed by atoms with E-state index in [2.05, 4.69) is 11.4 Å². The zero-order chi connectivity index (χ0) is 24.4. The van der Waals surface area contributed by atoms with E-state index in [0.29, 0.717) is 12.8 Å². The SMILES string of the molecule is COc1ccccc1C1CNCCC12CCN(C(=O)[C@](OC)(c1ccccc1)C(F)(F)F)CC2. The third-order valence-corrected chi connectivity index (χ3v) is 7.63. The Labute approximate surface area is 198 Å². The Morgan fingerprint density at radius 3 is 2.26 bits per heavy atom. The summed E-state index contributed by atoms with van der Waals surface area (Å²) in [6.45, 7) is 2.11. The molecule has 34 heavy (non-hydrogen) atoms. The first kappa shape index (κ1) is 24.5. The van der Waals surface area contributed by atoms with E-state index in [-0.39, 0.29) is 30.0 Å². The van der Waals surface area contributed by atoms with Gasteiger partial charge < -0.3 is 19.7 Å². The summed E-state index contributed by atoms with van der Waals surface area (Å²) in [6, 6.07) is 15.1. The average molecular weight is 477 g/mol. The van der Waals surface area contributed by atoms with Gasteiger partial charge >= 0.3 is 6.18 Å². The van der Waals surface area contributed by atoms with E-state index in [4.69, 9.17) is 9.47 Å². The topological polar surface area (TPSA) is 50.8 Å². The molecular weight excluding hydrogens is 445 g/mol. The zero-order valence-electron chi connectivity index (χ0n) is 19.5. The van der Waals surface area contributed by atoms with Gasteiger partial charge in [0.05, 0.1) is 7.11 Å². The van der Waals surface area contributed by atoms with Crippen LogP contribution in [0.5, 0.6) is 5.75 Å². The summed E-state index contributed by atoms with van der Waals surface area (Å²) in [5.41, 5.74) is -2.24. The van der Waals surface area contributed by atoms with Crippen LogP contribution in [0.2, 0.25) is 0 Å². The van der Waals surface area contributed by atoms with Crippen molar-refractivity contribution in [1.29, 1.82) is 0 Å². The molecule has 0 bridgehead atoms. The van der Waals surface area contributed by atoms with Crippen molar-refractivity contribution in [2.24, 2.45) is 5.41 Å². The minimum Gasteiger partial charge on any atom is -0.496 e. The molecule has 5 nitrogen and oxygen atoms in total. The van der Waals surface area contributed by atoms with Crippen molar-refractivity contribution in [3.05, 3.63) is 65.7 Å². The molecule has 2 heterocycles. The molecule has 184 valence electrons. The molecule has 4 rings (SSSR count). The molecule has 2 fully saturated rings. The van der Waals surface area contributed by atoms with Gasteiger partial charge in [0.2, 0.25) is 0 Å². The average Bonchev–Trinajstić information content (AvgIpc) is 2.85. The maximum Gasteiger partial charge on any atom is 0.430 e. The number of amides is 1. The van der Waals surface area contributed by atoms with E-state index in [1.165, 1.54) is 29.2 Å². The standard InChI is InChI=1S/C26H31F3N2O3/c1-33-22-11-7-6-10-20(22)21-18-30-15-12-24(21)13-16-31(17-14-24)23(32)25(34-2,26(27,28)29)19-8-4-3-5-9-19/h3-11,21,30H,12-18H2,1-2H3/t21?,25-/m1/s1. The van der Waals surface area contributed by atoms with Crippen LogP contribution in [0.3, 0.4) is 0 Å². The largest absolute Gasteiger partial charge is 0.496 e. The lowest BCUT2D eigenvalue weighted by Crippen LogP contribution is -2.59. The van der Waals surface area contributed by atoms with Crippen molar-refractivity contribution in [2.45, 2.75) is 37.0 Å². The molecule has 2 atom stereocenters. The number of alkyl halides is 3. The summed E-state index contributed by atoms with van der Waals surface area (Å²) >= 11 is 0. The van der Waals surface area contributed by atoms with Gasteiger partial charge in [0, 0.05) is 38.2 Å². The molecule has 1 N–H and O–H groups in total. The summed E-state index contributed by atoms with van der Waals surface area (Å²) in [7, 11) is 2.60. The Hall–Kier alpha value is -2.58. The Morgan fingerprint density at radius 1 is 1.00 bits per heavy atom. The molecule has 2 aromatic rings. The van der Waals surface area contributed by atoms with Crippen LogP contribution < -0.4 is 10.1 Å². The van der Waals surface area contributed by atoms with Crippen LogP contribution >= 0.6 is 0 Å².